The minimum atomic E-state index is 0.147. The number of nitrogens with two attached hydrogens (primary N) is 2. The van der Waals surface area contributed by atoms with Crippen molar-refractivity contribution in [3.05, 3.63) is 24.5 Å². The fourth-order valence-corrected chi connectivity index (χ4v) is 1.72. The van der Waals surface area contributed by atoms with Crippen molar-refractivity contribution in [3.63, 3.8) is 0 Å². The van der Waals surface area contributed by atoms with Gasteiger partial charge in [0.1, 0.15) is 10.8 Å². The van der Waals surface area contributed by atoms with Gasteiger partial charge in [0.15, 0.2) is 5.16 Å². The van der Waals surface area contributed by atoms with Crippen LogP contribution in [-0.4, -0.2) is 19.9 Å². The van der Waals surface area contributed by atoms with E-state index < -0.39 is 0 Å². The predicted molar refractivity (Wildman–Crippen MR) is 60.4 cm³/mol. The van der Waals surface area contributed by atoms with Crippen molar-refractivity contribution in [1.82, 2.24) is 19.9 Å². The van der Waals surface area contributed by atoms with E-state index in [4.69, 9.17) is 11.6 Å². The average molecular weight is 235 g/mol. The van der Waals surface area contributed by atoms with E-state index in [2.05, 4.69) is 25.4 Å². The van der Waals surface area contributed by atoms with Crippen molar-refractivity contribution >= 4 is 23.5 Å². The average Bonchev–Trinajstić information content (AvgIpc) is 2.29. The maximum atomic E-state index is 5.52. The number of anilines is 2. The Labute approximate surface area is 95.7 Å². The van der Waals surface area contributed by atoms with Crippen molar-refractivity contribution in [2.24, 2.45) is 5.84 Å². The van der Waals surface area contributed by atoms with Gasteiger partial charge < -0.3 is 11.2 Å². The molecule has 16 heavy (non-hydrogen) atoms. The quantitative estimate of drug-likeness (QED) is 0.301. The second-order valence-electron chi connectivity index (χ2n) is 2.73. The number of nitrogens with zero attached hydrogens (tertiary/aromatic N) is 4. The molecule has 0 aliphatic heterocycles. The first-order valence-electron chi connectivity index (χ1n) is 4.34. The fraction of sp³-hybridized carbons (Fsp3) is 0. The molecule has 0 atom stereocenters. The Bertz CT molecular complexity index is 475. The fourth-order valence-electron chi connectivity index (χ4n) is 1.00. The Balaban J connectivity index is 2.24. The molecule has 7 nitrogen and oxygen atoms in total. The topological polar surface area (TPSA) is 116 Å². The number of nitrogen functional groups attached to an aromatic ring is 2. The lowest BCUT2D eigenvalue weighted by Gasteiger charge is -2.03. The van der Waals surface area contributed by atoms with Gasteiger partial charge in [0.05, 0.1) is 0 Å². The van der Waals surface area contributed by atoms with Gasteiger partial charge in [0.2, 0.25) is 5.95 Å². The molecule has 5 N–H and O–H groups in total. The summed E-state index contributed by atoms with van der Waals surface area (Å²) in [6.45, 7) is 0. The summed E-state index contributed by atoms with van der Waals surface area (Å²) in [6.07, 6.45) is 3.31. The van der Waals surface area contributed by atoms with Crippen LogP contribution in [0.3, 0.4) is 0 Å². The SMILES string of the molecule is NNc1cc(Sc2ncccn2)nc(N)n1. The van der Waals surface area contributed by atoms with E-state index in [1.54, 1.807) is 24.5 Å². The van der Waals surface area contributed by atoms with Crippen LogP contribution in [0.25, 0.3) is 0 Å². The van der Waals surface area contributed by atoms with Gasteiger partial charge in [-0.25, -0.2) is 20.8 Å². The van der Waals surface area contributed by atoms with Crippen LogP contribution in [0.2, 0.25) is 0 Å². The molecule has 2 aromatic heterocycles. The number of nitrogens with one attached hydrogen (secondary N) is 1. The molecule has 0 bridgehead atoms. The summed E-state index contributed by atoms with van der Waals surface area (Å²) in [5.41, 5.74) is 7.93. The number of aromatic nitrogens is 4. The van der Waals surface area contributed by atoms with E-state index in [0.29, 0.717) is 16.0 Å². The lowest BCUT2D eigenvalue weighted by molar-refractivity contribution is 0.957. The van der Waals surface area contributed by atoms with E-state index in [1.165, 1.54) is 11.8 Å². The molecular formula is C8H9N7S. The van der Waals surface area contributed by atoms with Crippen LogP contribution < -0.4 is 17.0 Å². The minimum Gasteiger partial charge on any atom is -0.368 e. The van der Waals surface area contributed by atoms with E-state index in [1.807, 2.05) is 0 Å². The van der Waals surface area contributed by atoms with Gasteiger partial charge in [-0.2, -0.15) is 4.98 Å². The summed E-state index contributed by atoms with van der Waals surface area (Å²) in [5.74, 6) is 5.84. The van der Waals surface area contributed by atoms with Gasteiger partial charge >= 0.3 is 0 Å². The van der Waals surface area contributed by atoms with Crippen molar-refractivity contribution in [2.45, 2.75) is 10.2 Å². The van der Waals surface area contributed by atoms with Gasteiger partial charge in [-0.15, -0.1) is 0 Å². The molecule has 82 valence electrons. The van der Waals surface area contributed by atoms with Crippen molar-refractivity contribution in [1.29, 1.82) is 0 Å². The maximum Gasteiger partial charge on any atom is 0.223 e. The predicted octanol–water partition coefficient (Wildman–Crippen LogP) is 0.286. The van der Waals surface area contributed by atoms with E-state index >= 15 is 0 Å². The summed E-state index contributed by atoms with van der Waals surface area (Å²) in [6, 6.07) is 3.41. The summed E-state index contributed by atoms with van der Waals surface area (Å²) in [4.78, 5) is 16.0. The summed E-state index contributed by atoms with van der Waals surface area (Å²) >= 11 is 1.28. The monoisotopic (exact) mass is 235 g/mol. The smallest absolute Gasteiger partial charge is 0.223 e. The molecule has 2 rings (SSSR count). The highest BCUT2D eigenvalue weighted by molar-refractivity contribution is 7.99. The largest absolute Gasteiger partial charge is 0.368 e. The molecule has 0 spiro atoms. The van der Waals surface area contributed by atoms with E-state index in [0.717, 1.165) is 0 Å². The molecule has 0 saturated heterocycles. The second-order valence-corrected chi connectivity index (χ2v) is 3.71. The molecular weight excluding hydrogens is 226 g/mol. The highest BCUT2D eigenvalue weighted by Crippen LogP contribution is 2.23. The normalized spacial score (nSPS) is 10.1. The first-order valence-corrected chi connectivity index (χ1v) is 5.15. The molecule has 0 fully saturated rings. The molecule has 0 unspecified atom stereocenters. The molecule has 0 aromatic carbocycles. The van der Waals surface area contributed by atoms with Gasteiger partial charge in [0.25, 0.3) is 0 Å². The van der Waals surface area contributed by atoms with E-state index in [-0.39, 0.29) is 5.95 Å². The van der Waals surface area contributed by atoms with Crippen LogP contribution in [0.4, 0.5) is 11.8 Å². The molecule has 0 aliphatic carbocycles. The zero-order valence-electron chi connectivity index (χ0n) is 8.16. The van der Waals surface area contributed by atoms with Crippen LogP contribution in [0, 0.1) is 0 Å². The third-order valence-corrected chi connectivity index (χ3v) is 2.42. The highest BCUT2D eigenvalue weighted by Gasteiger charge is 2.04. The Morgan fingerprint density at radius 1 is 1.19 bits per heavy atom. The molecule has 0 radical (unpaired) electrons. The van der Waals surface area contributed by atoms with Crippen molar-refractivity contribution < 1.29 is 0 Å². The lowest BCUT2D eigenvalue weighted by atomic mass is 10.6. The van der Waals surface area contributed by atoms with Crippen molar-refractivity contribution in [2.75, 3.05) is 11.2 Å². The molecule has 0 aliphatic rings. The lowest BCUT2D eigenvalue weighted by Crippen LogP contribution is -2.10. The summed E-state index contributed by atoms with van der Waals surface area (Å²) in [7, 11) is 0. The third-order valence-electron chi connectivity index (χ3n) is 1.61. The molecule has 0 saturated carbocycles. The Morgan fingerprint density at radius 3 is 2.62 bits per heavy atom. The molecule has 2 aromatic rings. The second kappa shape index (κ2) is 4.73. The minimum absolute atomic E-state index is 0.147. The Morgan fingerprint density at radius 2 is 1.94 bits per heavy atom. The van der Waals surface area contributed by atoms with Gasteiger partial charge in [-0.05, 0) is 17.8 Å². The van der Waals surface area contributed by atoms with Crippen LogP contribution in [0.15, 0.2) is 34.7 Å². The standard InChI is InChI=1S/C8H9N7S/c9-7-13-5(15-10)4-6(14-7)16-8-11-2-1-3-12-8/h1-4H,10H2,(H3,9,13,14,15). The van der Waals surface area contributed by atoms with E-state index in [9.17, 15) is 0 Å². The van der Waals surface area contributed by atoms with Crippen LogP contribution >= 0.6 is 11.8 Å². The number of hydrazine groups is 1. The number of rotatable bonds is 3. The zero-order chi connectivity index (χ0) is 11.4. The first kappa shape index (κ1) is 10.6. The van der Waals surface area contributed by atoms with Crippen LogP contribution in [-0.2, 0) is 0 Å². The Kier molecular flexibility index (Phi) is 3.13. The number of hydrogen-bond acceptors (Lipinski definition) is 8. The molecule has 8 heteroatoms. The summed E-state index contributed by atoms with van der Waals surface area (Å²) in [5, 5.41) is 1.22. The van der Waals surface area contributed by atoms with Gasteiger partial charge in [-0.1, -0.05) is 0 Å². The first-order chi connectivity index (χ1) is 7.78. The highest BCUT2D eigenvalue weighted by atomic mass is 32.2. The summed E-state index contributed by atoms with van der Waals surface area (Å²) < 4.78 is 0. The van der Waals surface area contributed by atoms with Crippen LogP contribution in [0.1, 0.15) is 0 Å². The third kappa shape index (κ3) is 2.55. The van der Waals surface area contributed by atoms with Crippen molar-refractivity contribution in [3.8, 4) is 0 Å². The molecule has 0 amide bonds. The maximum absolute atomic E-state index is 5.52. The Hall–Kier alpha value is -1.93. The van der Waals surface area contributed by atoms with Crippen LogP contribution in [0.5, 0.6) is 0 Å². The zero-order valence-corrected chi connectivity index (χ0v) is 8.98. The van der Waals surface area contributed by atoms with Gasteiger partial charge in [0, 0.05) is 18.5 Å². The number of hydrogen-bond donors (Lipinski definition) is 3. The molecule has 2 heterocycles. The van der Waals surface area contributed by atoms with Gasteiger partial charge in [-0.3, -0.25) is 0 Å².